The number of carbonyl (C=O) groups excluding carboxylic acids is 2. The number of hydrogen-bond acceptors (Lipinski definition) is 6. The Morgan fingerprint density at radius 2 is 2.00 bits per heavy atom. The molecule has 1 heterocycles. The predicted octanol–water partition coefficient (Wildman–Crippen LogP) is 1.03. The third-order valence-electron chi connectivity index (χ3n) is 2.89. The van der Waals surface area contributed by atoms with Crippen molar-refractivity contribution in [1.82, 2.24) is 0 Å². The van der Waals surface area contributed by atoms with Crippen LogP contribution in [0, 0.1) is 0 Å². The van der Waals surface area contributed by atoms with Gasteiger partial charge < -0.3 is 19.1 Å². The van der Waals surface area contributed by atoms with Crippen molar-refractivity contribution in [2.24, 2.45) is 0 Å². The molecule has 6 nitrogen and oxygen atoms in total. The van der Waals surface area contributed by atoms with E-state index in [1.165, 1.54) is 18.2 Å². The lowest BCUT2D eigenvalue weighted by Gasteiger charge is -2.06. The summed E-state index contributed by atoms with van der Waals surface area (Å²) >= 11 is 0. The Morgan fingerprint density at radius 1 is 1.29 bits per heavy atom. The van der Waals surface area contributed by atoms with E-state index in [1.54, 1.807) is 19.9 Å². The molecule has 21 heavy (non-hydrogen) atoms. The number of carboxylic acid groups (broad SMARTS) is 1. The SMILES string of the molecule is C/C=C(/C)C(=O)Oc1ccc2cc(C(=O)[O-])c(=O)oc2c1. The molecule has 1 aromatic carbocycles. The first-order valence-electron chi connectivity index (χ1n) is 6.06. The fourth-order valence-electron chi connectivity index (χ4n) is 1.60. The summed E-state index contributed by atoms with van der Waals surface area (Å²) in [5.74, 6) is -1.94. The van der Waals surface area contributed by atoms with Crippen molar-refractivity contribution in [1.29, 1.82) is 0 Å². The van der Waals surface area contributed by atoms with Crippen LogP contribution >= 0.6 is 0 Å². The maximum absolute atomic E-state index is 11.6. The van der Waals surface area contributed by atoms with E-state index >= 15 is 0 Å². The Hall–Kier alpha value is -2.89. The van der Waals surface area contributed by atoms with Gasteiger partial charge in [0, 0.05) is 17.0 Å². The third-order valence-corrected chi connectivity index (χ3v) is 2.89. The van der Waals surface area contributed by atoms with Crippen LogP contribution in [0.1, 0.15) is 24.2 Å². The summed E-state index contributed by atoms with van der Waals surface area (Å²) < 4.78 is 9.98. The number of esters is 1. The molecular weight excluding hydrogens is 276 g/mol. The van der Waals surface area contributed by atoms with Crippen LogP contribution in [0.5, 0.6) is 5.75 Å². The molecule has 0 bridgehead atoms. The fourth-order valence-corrected chi connectivity index (χ4v) is 1.60. The van der Waals surface area contributed by atoms with Crippen molar-refractivity contribution in [2.45, 2.75) is 13.8 Å². The van der Waals surface area contributed by atoms with E-state index in [2.05, 4.69) is 0 Å². The number of carbonyl (C=O) groups is 2. The van der Waals surface area contributed by atoms with Crippen LogP contribution in [0.4, 0.5) is 0 Å². The molecule has 0 atom stereocenters. The maximum atomic E-state index is 11.6. The minimum atomic E-state index is -1.61. The summed E-state index contributed by atoms with van der Waals surface area (Å²) in [6.45, 7) is 3.31. The normalized spacial score (nSPS) is 11.4. The highest BCUT2D eigenvalue weighted by Gasteiger charge is 2.10. The lowest BCUT2D eigenvalue weighted by molar-refractivity contribution is -0.255. The largest absolute Gasteiger partial charge is 0.545 e. The van der Waals surface area contributed by atoms with Gasteiger partial charge in [0.25, 0.3) is 0 Å². The van der Waals surface area contributed by atoms with Gasteiger partial charge in [0.05, 0.1) is 11.5 Å². The van der Waals surface area contributed by atoms with Gasteiger partial charge >= 0.3 is 11.6 Å². The second kappa shape index (κ2) is 5.62. The summed E-state index contributed by atoms with van der Waals surface area (Å²) in [5, 5.41) is 11.1. The Labute approximate surface area is 119 Å². The van der Waals surface area contributed by atoms with Crippen molar-refractivity contribution < 1.29 is 23.8 Å². The minimum absolute atomic E-state index is 0.119. The van der Waals surface area contributed by atoms with E-state index in [0.29, 0.717) is 11.0 Å². The van der Waals surface area contributed by atoms with Gasteiger partial charge in [-0.05, 0) is 32.0 Å². The summed E-state index contributed by atoms with van der Waals surface area (Å²) in [4.78, 5) is 33.8. The summed E-state index contributed by atoms with van der Waals surface area (Å²) in [7, 11) is 0. The highest BCUT2D eigenvalue weighted by molar-refractivity contribution is 5.92. The molecule has 0 spiro atoms. The van der Waals surface area contributed by atoms with Crippen LogP contribution in [0.15, 0.2) is 45.1 Å². The van der Waals surface area contributed by atoms with E-state index in [0.717, 1.165) is 6.07 Å². The highest BCUT2D eigenvalue weighted by Crippen LogP contribution is 2.21. The number of hydrogen-bond donors (Lipinski definition) is 0. The Morgan fingerprint density at radius 3 is 2.62 bits per heavy atom. The number of aromatic carboxylic acids is 1. The van der Waals surface area contributed by atoms with E-state index < -0.39 is 23.1 Å². The molecular formula is C15H11O6-. The zero-order valence-corrected chi connectivity index (χ0v) is 11.3. The smallest absolute Gasteiger partial charge is 0.345 e. The van der Waals surface area contributed by atoms with Gasteiger partial charge in [-0.2, -0.15) is 0 Å². The first kappa shape index (κ1) is 14.5. The van der Waals surface area contributed by atoms with Crippen molar-refractivity contribution in [3.63, 3.8) is 0 Å². The van der Waals surface area contributed by atoms with Crippen LogP contribution < -0.4 is 15.5 Å². The van der Waals surface area contributed by atoms with E-state index in [4.69, 9.17) is 9.15 Å². The summed E-state index contributed by atoms with van der Waals surface area (Å²) in [6, 6.07) is 5.45. The average Bonchev–Trinajstić information content (AvgIpc) is 2.45. The molecule has 0 aliphatic carbocycles. The first-order valence-corrected chi connectivity index (χ1v) is 6.06. The van der Waals surface area contributed by atoms with Gasteiger partial charge in [-0.3, -0.25) is 0 Å². The van der Waals surface area contributed by atoms with Crippen LogP contribution in [-0.2, 0) is 4.79 Å². The van der Waals surface area contributed by atoms with E-state index in [9.17, 15) is 19.5 Å². The summed E-state index contributed by atoms with van der Waals surface area (Å²) in [6.07, 6.45) is 1.61. The molecule has 0 saturated heterocycles. The third kappa shape index (κ3) is 3.00. The zero-order chi connectivity index (χ0) is 15.6. The van der Waals surface area contributed by atoms with Crippen LogP contribution in [0.25, 0.3) is 11.0 Å². The first-order chi connectivity index (χ1) is 9.92. The van der Waals surface area contributed by atoms with Crippen molar-refractivity contribution in [3.8, 4) is 5.75 Å². The minimum Gasteiger partial charge on any atom is -0.545 e. The molecule has 108 valence electrons. The van der Waals surface area contributed by atoms with Gasteiger partial charge in [-0.25, -0.2) is 9.59 Å². The summed E-state index contributed by atoms with van der Waals surface area (Å²) in [5.41, 5.74) is -1.02. The quantitative estimate of drug-likeness (QED) is 0.362. The van der Waals surface area contributed by atoms with Crippen molar-refractivity contribution >= 4 is 22.9 Å². The lowest BCUT2D eigenvalue weighted by atomic mass is 10.2. The number of rotatable bonds is 3. The monoisotopic (exact) mass is 287 g/mol. The topological polar surface area (TPSA) is 96.6 Å². The highest BCUT2D eigenvalue weighted by atomic mass is 16.5. The molecule has 0 saturated carbocycles. The molecule has 0 N–H and O–H groups in total. The Kier molecular flexibility index (Phi) is 3.89. The van der Waals surface area contributed by atoms with Gasteiger partial charge in [0.15, 0.2) is 0 Å². The number of carboxylic acids is 1. The second-order valence-corrected chi connectivity index (χ2v) is 4.30. The fraction of sp³-hybridized carbons (Fsp3) is 0.133. The number of ether oxygens (including phenoxy) is 1. The zero-order valence-electron chi connectivity index (χ0n) is 11.3. The molecule has 0 radical (unpaired) electrons. The molecule has 0 unspecified atom stereocenters. The Bertz CT molecular complexity index is 813. The van der Waals surface area contributed by atoms with Crippen LogP contribution in [0.2, 0.25) is 0 Å². The van der Waals surface area contributed by atoms with E-state index in [-0.39, 0.29) is 11.3 Å². The van der Waals surface area contributed by atoms with Crippen molar-refractivity contribution in [2.75, 3.05) is 0 Å². The lowest BCUT2D eigenvalue weighted by Crippen LogP contribution is -2.28. The second-order valence-electron chi connectivity index (χ2n) is 4.30. The standard InChI is InChI=1S/C15H12O6/c1-3-8(2)14(18)20-10-5-4-9-6-11(13(16)17)15(19)21-12(9)7-10/h3-7H,1-2H3,(H,16,17)/p-1/b8-3-. The van der Waals surface area contributed by atoms with Crippen molar-refractivity contribution in [3.05, 3.63) is 51.9 Å². The number of fused-ring (bicyclic) bond motifs is 1. The average molecular weight is 287 g/mol. The molecule has 2 rings (SSSR count). The molecule has 6 heteroatoms. The molecule has 0 aliphatic rings. The van der Waals surface area contributed by atoms with Gasteiger partial charge in [-0.1, -0.05) is 6.08 Å². The Balaban J connectivity index is 2.43. The predicted molar refractivity (Wildman–Crippen MR) is 71.9 cm³/mol. The van der Waals surface area contributed by atoms with Crippen LogP contribution in [-0.4, -0.2) is 11.9 Å². The number of allylic oxidation sites excluding steroid dienone is 1. The van der Waals surface area contributed by atoms with Gasteiger partial charge in [0.2, 0.25) is 0 Å². The van der Waals surface area contributed by atoms with Gasteiger partial charge in [0.1, 0.15) is 11.3 Å². The molecule has 1 aromatic heterocycles. The van der Waals surface area contributed by atoms with E-state index in [1.807, 2.05) is 0 Å². The van der Waals surface area contributed by atoms with Crippen LogP contribution in [0.3, 0.4) is 0 Å². The van der Waals surface area contributed by atoms with Gasteiger partial charge in [-0.15, -0.1) is 0 Å². The molecule has 0 fully saturated rings. The molecule has 0 aliphatic heterocycles. The number of benzene rings is 1. The molecule has 0 amide bonds. The maximum Gasteiger partial charge on any atom is 0.345 e. The molecule has 2 aromatic rings.